The van der Waals surface area contributed by atoms with Crippen molar-refractivity contribution in [2.75, 3.05) is 26.3 Å². The normalized spacial score (nSPS) is 18.6. The van der Waals surface area contributed by atoms with Gasteiger partial charge in [-0.05, 0) is 23.8 Å². The summed E-state index contributed by atoms with van der Waals surface area (Å²) in [6.07, 6.45) is 0. The van der Waals surface area contributed by atoms with Gasteiger partial charge in [-0.25, -0.2) is 4.39 Å². The number of carboxylic acids is 1. The predicted octanol–water partition coefficient (Wildman–Crippen LogP) is 1.94. The molecule has 1 aromatic rings. The molecule has 1 fully saturated rings. The average molecular weight is 274 g/mol. The first-order chi connectivity index (χ1) is 8.58. The first-order valence-corrected chi connectivity index (χ1v) is 5.96. The highest BCUT2D eigenvalue weighted by atomic mass is 35.5. The second-order valence-electron chi connectivity index (χ2n) is 4.09. The molecule has 1 atom stereocenters. The Morgan fingerprint density at radius 3 is 2.61 bits per heavy atom. The van der Waals surface area contributed by atoms with Crippen LogP contribution in [0.4, 0.5) is 4.39 Å². The summed E-state index contributed by atoms with van der Waals surface area (Å²) in [7, 11) is 0. The molecule has 0 bridgehead atoms. The fourth-order valence-electron chi connectivity index (χ4n) is 2.08. The molecule has 6 heteroatoms. The van der Waals surface area contributed by atoms with Crippen molar-refractivity contribution in [3.8, 4) is 0 Å². The van der Waals surface area contributed by atoms with E-state index in [-0.39, 0.29) is 5.02 Å². The molecule has 1 aliphatic rings. The minimum absolute atomic E-state index is 0.199. The number of nitrogens with zero attached hydrogens (tertiary/aromatic N) is 1. The first-order valence-electron chi connectivity index (χ1n) is 5.58. The lowest BCUT2D eigenvalue weighted by atomic mass is 10.0. The SMILES string of the molecule is O=C(O)C(c1cc(F)cc(Cl)c1)N1CCOCC1. The van der Waals surface area contributed by atoms with Gasteiger partial charge in [0.15, 0.2) is 0 Å². The highest BCUT2D eigenvalue weighted by molar-refractivity contribution is 6.30. The zero-order chi connectivity index (χ0) is 13.1. The van der Waals surface area contributed by atoms with Gasteiger partial charge in [-0.15, -0.1) is 0 Å². The van der Waals surface area contributed by atoms with E-state index in [0.717, 1.165) is 6.07 Å². The quantitative estimate of drug-likeness (QED) is 0.914. The third kappa shape index (κ3) is 2.98. The topological polar surface area (TPSA) is 49.8 Å². The van der Waals surface area contributed by atoms with Gasteiger partial charge in [0.05, 0.1) is 13.2 Å². The number of benzene rings is 1. The Labute approximate surface area is 109 Å². The molecular formula is C12H13ClFNO3. The summed E-state index contributed by atoms with van der Waals surface area (Å²) in [5.74, 6) is -1.55. The van der Waals surface area contributed by atoms with Crippen molar-refractivity contribution >= 4 is 17.6 Å². The molecule has 1 N–H and O–H groups in total. The molecule has 1 unspecified atom stereocenters. The van der Waals surface area contributed by atoms with Crippen LogP contribution in [0.2, 0.25) is 5.02 Å². The van der Waals surface area contributed by atoms with Crippen molar-refractivity contribution in [1.82, 2.24) is 4.90 Å². The Morgan fingerprint density at radius 1 is 1.39 bits per heavy atom. The molecule has 2 rings (SSSR count). The lowest BCUT2D eigenvalue weighted by Gasteiger charge is -2.32. The van der Waals surface area contributed by atoms with E-state index < -0.39 is 17.8 Å². The molecule has 1 aliphatic heterocycles. The molecule has 0 amide bonds. The summed E-state index contributed by atoms with van der Waals surface area (Å²) < 4.78 is 18.5. The van der Waals surface area contributed by atoms with Gasteiger partial charge in [0, 0.05) is 18.1 Å². The maximum Gasteiger partial charge on any atom is 0.325 e. The molecule has 1 aromatic carbocycles. The van der Waals surface area contributed by atoms with E-state index in [1.165, 1.54) is 12.1 Å². The summed E-state index contributed by atoms with van der Waals surface area (Å²) >= 11 is 5.76. The summed E-state index contributed by atoms with van der Waals surface area (Å²) in [6.45, 7) is 1.97. The van der Waals surface area contributed by atoms with E-state index in [4.69, 9.17) is 16.3 Å². The third-order valence-corrected chi connectivity index (χ3v) is 3.06. The highest BCUT2D eigenvalue weighted by Crippen LogP contribution is 2.25. The fraction of sp³-hybridized carbons (Fsp3) is 0.417. The first kappa shape index (κ1) is 13.3. The van der Waals surface area contributed by atoms with Gasteiger partial charge < -0.3 is 9.84 Å². The Bertz CT molecular complexity index is 429. The maximum atomic E-state index is 13.3. The summed E-state index contributed by atoms with van der Waals surface area (Å²) in [5, 5.41) is 9.51. The molecule has 0 saturated carbocycles. The van der Waals surface area contributed by atoms with Crippen LogP contribution < -0.4 is 0 Å². The van der Waals surface area contributed by atoms with Crippen LogP contribution in [0.1, 0.15) is 11.6 Å². The van der Waals surface area contributed by atoms with Gasteiger partial charge in [-0.2, -0.15) is 0 Å². The van der Waals surface area contributed by atoms with Crippen LogP contribution in [0.3, 0.4) is 0 Å². The van der Waals surface area contributed by atoms with Crippen molar-refractivity contribution < 1.29 is 19.0 Å². The standard InChI is InChI=1S/C12H13ClFNO3/c13-9-5-8(6-10(14)7-9)11(12(16)17)15-1-3-18-4-2-15/h5-7,11H,1-4H2,(H,16,17). The number of rotatable bonds is 3. The zero-order valence-corrected chi connectivity index (χ0v) is 10.4. The van der Waals surface area contributed by atoms with Gasteiger partial charge in [0.25, 0.3) is 0 Å². The average Bonchev–Trinajstić information content (AvgIpc) is 2.28. The monoisotopic (exact) mass is 273 g/mol. The second-order valence-corrected chi connectivity index (χ2v) is 4.53. The molecule has 0 spiro atoms. The molecule has 18 heavy (non-hydrogen) atoms. The second kappa shape index (κ2) is 5.65. The summed E-state index contributed by atoms with van der Waals surface area (Å²) in [5.41, 5.74) is 0.356. The zero-order valence-electron chi connectivity index (χ0n) is 9.60. The number of hydrogen-bond donors (Lipinski definition) is 1. The van der Waals surface area contributed by atoms with Crippen LogP contribution in [0.5, 0.6) is 0 Å². The smallest absolute Gasteiger partial charge is 0.325 e. The number of hydrogen-bond acceptors (Lipinski definition) is 3. The van der Waals surface area contributed by atoms with Crippen molar-refractivity contribution in [3.63, 3.8) is 0 Å². The van der Waals surface area contributed by atoms with E-state index in [1.54, 1.807) is 4.90 Å². The van der Waals surface area contributed by atoms with E-state index in [0.29, 0.717) is 31.9 Å². The largest absolute Gasteiger partial charge is 0.480 e. The van der Waals surface area contributed by atoms with Crippen LogP contribution in [-0.2, 0) is 9.53 Å². The van der Waals surface area contributed by atoms with Crippen molar-refractivity contribution in [2.45, 2.75) is 6.04 Å². The molecule has 0 aromatic heterocycles. The number of morpholine rings is 1. The number of carbonyl (C=O) groups is 1. The van der Waals surface area contributed by atoms with Crippen molar-refractivity contribution in [1.29, 1.82) is 0 Å². The van der Waals surface area contributed by atoms with Crippen molar-refractivity contribution in [2.24, 2.45) is 0 Å². The van der Waals surface area contributed by atoms with Crippen LogP contribution in [0.15, 0.2) is 18.2 Å². The summed E-state index contributed by atoms with van der Waals surface area (Å²) in [6, 6.07) is 2.96. The van der Waals surface area contributed by atoms with E-state index in [2.05, 4.69) is 0 Å². The lowest BCUT2D eigenvalue weighted by Crippen LogP contribution is -2.42. The molecule has 4 nitrogen and oxygen atoms in total. The van der Waals surface area contributed by atoms with Crippen molar-refractivity contribution in [3.05, 3.63) is 34.6 Å². The third-order valence-electron chi connectivity index (χ3n) is 2.85. The van der Waals surface area contributed by atoms with Crippen LogP contribution >= 0.6 is 11.6 Å². The van der Waals surface area contributed by atoms with Gasteiger partial charge >= 0.3 is 5.97 Å². The Hall–Kier alpha value is -1.17. The number of aliphatic carboxylic acids is 1. The predicted molar refractivity (Wildman–Crippen MR) is 64.2 cm³/mol. The van der Waals surface area contributed by atoms with Crippen LogP contribution in [0, 0.1) is 5.82 Å². The molecule has 1 saturated heterocycles. The van der Waals surface area contributed by atoms with E-state index in [9.17, 15) is 14.3 Å². The Morgan fingerprint density at radius 2 is 2.06 bits per heavy atom. The Kier molecular flexibility index (Phi) is 4.16. The van der Waals surface area contributed by atoms with Gasteiger partial charge in [-0.1, -0.05) is 11.6 Å². The molecular weight excluding hydrogens is 261 g/mol. The molecule has 98 valence electrons. The molecule has 0 radical (unpaired) electrons. The minimum atomic E-state index is -1.02. The van der Waals surface area contributed by atoms with Gasteiger partial charge in [0.1, 0.15) is 11.9 Å². The fourth-order valence-corrected chi connectivity index (χ4v) is 2.31. The number of halogens is 2. The summed E-state index contributed by atoms with van der Waals surface area (Å²) in [4.78, 5) is 13.1. The van der Waals surface area contributed by atoms with E-state index in [1.807, 2.05) is 0 Å². The Balaban J connectivity index is 2.31. The maximum absolute atomic E-state index is 13.3. The van der Waals surface area contributed by atoms with Crippen LogP contribution in [-0.4, -0.2) is 42.3 Å². The number of carboxylic acid groups (broad SMARTS) is 1. The molecule has 0 aliphatic carbocycles. The van der Waals surface area contributed by atoms with Crippen LogP contribution in [0.25, 0.3) is 0 Å². The lowest BCUT2D eigenvalue weighted by molar-refractivity contribution is -0.145. The van der Waals surface area contributed by atoms with Gasteiger partial charge in [0.2, 0.25) is 0 Å². The van der Waals surface area contributed by atoms with Gasteiger partial charge in [-0.3, -0.25) is 9.69 Å². The van der Waals surface area contributed by atoms with E-state index >= 15 is 0 Å². The molecule has 1 heterocycles. The minimum Gasteiger partial charge on any atom is -0.480 e. The highest BCUT2D eigenvalue weighted by Gasteiger charge is 2.29. The number of ether oxygens (including phenoxy) is 1.